The number of hydrogen-bond donors (Lipinski definition) is 0. The van der Waals surface area contributed by atoms with E-state index in [1.807, 2.05) is 36.4 Å². The second kappa shape index (κ2) is 21.2. The first kappa shape index (κ1) is 35.8. The van der Waals surface area contributed by atoms with Gasteiger partial charge in [0, 0.05) is 6.61 Å². The number of benzene rings is 3. The molecule has 45 heavy (non-hydrogen) atoms. The Kier molecular flexibility index (Phi) is 16.8. The third-order valence-electron chi connectivity index (χ3n) is 7.78. The average Bonchev–Trinajstić information content (AvgIpc) is 3.06. The van der Waals surface area contributed by atoms with Gasteiger partial charge in [0.15, 0.2) is 6.10 Å². The van der Waals surface area contributed by atoms with Crippen molar-refractivity contribution in [3.8, 4) is 28.4 Å². The van der Waals surface area contributed by atoms with Gasteiger partial charge >= 0.3 is 11.9 Å². The Morgan fingerprint density at radius 3 is 1.51 bits per heavy atom. The van der Waals surface area contributed by atoms with Crippen LogP contribution in [0.1, 0.15) is 115 Å². The first-order chi connectivity index (χ1) is 22.0. The van der Waals surface area contributed by atoms with Crippen LogP contribution >= 0.6 is 0 Å². The third-order valence-corrected chi connectivity index (χ3v) is 7.78. The molecule has 0 spiro atoms. The van der Waals surface area contributed by atoms with Crippen LogP contribution in [-0.4, -0.2) is 31.3 Å². The predicted octanol–water partition coefficient (Wildman–Crippen LogP) is 10.4. The van der Waals surface area contributed by atoms with Crippen LogP contribution in [0.3, 0.4) is 0 Å². The summed E-state index contributed by atoms with van der Waals surface area (Å²) in [5, 5.41) is 0. The van der Waals surface area contributed by atoms with Crippen molar-refractivity contribution in [2.75, 3.05) is 13.2 Å². The quantitative estimate of drug-likeness (QED) is 0.0635. The Morgan fingerprint density at radius 1 is 0.533 bits per heavy atom. The number of carbonyl (C=O) groups excluding carboxylic acids is 2. The van der Waals surface area contributed by atoms with Gasteiger partial charge in [-0.1, -0.05) is 109 Å². The van der Waals surface area contributed by atoms with E-state index in [-0.39, 0.29) is 0 Å². The average molecular weight is 617 g/mol. The van der Waals surface area contributed by atoms with Crippen LogP contribution in [0.4, 0.5) is 0 Å². The van der Waals surface area contributed by atoms with Crippen LogP contribution in [0.2, 0.25) is 0 Å². The van der Waals surface area contributed by atoms with Crippen molar-refractivity contribution in [2.45, 2.75) is 110 Å². The van der Waals surface area contributed by atoms with Crippen molar-refractivity contribution < 1.29 is 28.5 Å². The van der Waals surface area contributed by atoms with E-state index in [2.05, 4.69) is 13.8 Å². The molecule has 0 aliphatic rings. The first-order valence-electron chi connectivity index (χ1n) is 17.0. The molecule has 6 heteroatoms. The molecule has 3 rings (SSSR count). The van der Waals surface area contributed by atoms with Gasteiger partial charge in [-0.25, -0.2) is 9.59 Å². The molecule has 0 aliphatic heterocycles. The fourth-order valence-corrected chi connectivity index (χ4v) is 4.94. The maximum atomic E-state index is 12.7. The van der Waals surface area contributed by atoms with Crippen molar-refractivity contribution in [3.05, 3.63) is 78.4 Å². The van der Waals surface area contributed by atoms with E-state index >= 15 is 0 Å². The Morgan fingerprint density at radius 2 is 0.978 bits per heavy atom. The molecule has 1 unspecified atom stereocenters. The molecule has 0 heterocycles. The summed E-state index contributed by atoms with van der Waals surface area (Å²) < 4.78 is 22.6. The van der Waals surface area contributed by atoms with E-state index in [4.69, 9.17) is 18.9 Å². The molecule has 3 aromatic rings. The molecule has 0 saturated heterocycles. The normalized spacial score (nSPS) is 11.6. The molecule has 244 valence electrons. The number of hydrogen-bond acceptors (Lipinski definition) is 6. The minimum atomic E-state index is -0.610. The standard InChI is InChI=1S/C39H52O6/c1-4-6-8-10-12-14-16-30-43-35-23-21-34(22-24-35)39(41)45-37-27-19-33(20-28-37)32-17-25-36(26-18-32)44-38(40)31(3)42-29-15-13-11-9-7-5-2/h17-28,31H,4-16,29-30H2,1-3H3. The molecule has 0 bridgehead atoms. The summed E-state index contributed by atoms with van der Waals surface area (Å²) >= 11 is 0. The molecular formula is C39H52O6. The van der Waals surface area contributed by atoms with Gasteiger partial charge in [0.1, 0.15) is 17.2 Å². The Bertz CT molecular complexity index is 1230. The zero-order valence-electron chi connectivity index (χ0n) is 27.6. The molecule has 0 aromatic heterocycles. The number of rotatable bonds is 22. The molecule has 1 atom stereocenters. The predicted molar refractivity (Wildman–Crippen MR) is 181 cm³/mol. The summed E-state index contributed by atoms with van der Waals surface area (Å²) in [5.74, 6) is 0.874. The van der Waals surface area contributed by atoms with E-state index < -0.39 is 18.0 Å². The van der Waals surface area contributed by atoms with Crippen LogP contribution in [0.5, 0.6) is 17.2 Å². The van der Waals surface area contributed by atoms with E-state index in [0.29, 0.717) is 30.3 Å². The summed E-state index contributed by atoms with van der Waals surface area (Å²) in [5.41, 5.74) is 2.37. The van der Waals surface area contributed by atoms with Crippen molar-refractivity contribution in [2.24, 2.45) is 0 Å². The largest absolute Gasteiger partial charge is 0.494 e. The molecule has 0 radical (unpaired) electrons. The summed E-state index contributed by atoms with van der Waals surface area (Å²) in [7, 11) is 0. The van der Waals surface area contributed by atoms with Gasteiger partial charge < -0.3 is 18.9 Å². The molecule has 0 amide bonds. The molecule has 6 nitrogen and oxygen atoms in total. The highest BCUT2D eigenvalue weighted by Crippen LogP contribution is 2.26. The van der Waals surface area contributed by atoms with Gasteiger partial charge in [-0.3, -0.25) is 0 Å². The lowest BCUT2D eigenvalue weighted by Crippen LogP contribution is -2.26. The van der Waals surface area contributed by atoms with Gasteiger partial charge in [0.05, 0.1) is 12.2 Å². The summed E-state index contributed by atoms with van der Waals surface area (Å²) in [4.78, 5) is 25.1. The number of unbranched alkanes of at least 4 members (excludes halogenated alkanes) is 11. The minimum absolute atomic E-state index is 0.398. The monoisotopic (exact) mass is 616 g/mol. The van der Waals surface area contributed by atoms with Gasteiger partial charge in [0.2, 0.25) is 0 Å². The van der Waals surface area contributed by atoms with Crippen molar-refractivity contribution >= 4 is 11.9 Å². The second-order valence-electron chi connectivity index (χ2n) is 11.6. The highest BCUT2D eigenvalue weighted by atomic mass is 16.6. The number of esters is 2. The van der Waals surface area contributed by atoms with Crippen molar-refractivity contribution in [3.63, 3.8) is 0 Å². The van der Waals surface area contributed by atoms with Crippen molar-refractivity contribution in [1.82, 2.24) is 0 Å². The van der Waals surface area contributed by atoms with Crippen LogP contribution < -0.4 is 14.2 Å². The van der Waals surface area contributed by atoms with E-state index in [0.717, 1.165) is 36.1 Å². The van der Waals surface area contributed by atoms with Crippen LogP contribution in [0.15, 0.2) is 72.8 Å². The molecular weight excluding hydrogens is 564 g/mol. The van der Waals surface area contributed by atoms with E-state index in [1.165, 1.54) is 64.2 Å². The molecule has 0 saturated carbocycles. The highest BCUT2D eigenvalue weighted by Gasteiger charge is 2.16. The van der Waals surface area contributed by atoms with Crippen molar-refractivity contribution in [1.29, 1.82) is 0 Å². The van der Waals surface area contributed by atoms with Gasteiger partial charge in [-0.2, -0.15) is 0 Å². The fraction of sp³-hybridized carbons (Fsp3) is 0.487. The summed E-state index contributed by atoms with van der Waals surface area (Å²) in [6, 6.07) is 21.7. The van der Waals surface area contributed by atoms with Gasteiger partial charge in [0.25, 0.3) is 0 Å². The molecule has 3 aromatic carbocycles. The van der Waals surface area contributed by atoms with E-state index in [1.54, 1.807) is 43.3 Å². The lowest BCUT2D eigenvalue weighted by Gasteiger charge is -2.13. The minimum Gasteiger partial charge on any atom is -0.494 e. The van der Waals surface area contributed by atoms with Crippen LogP contribution in [-0.2, 0) is 9.53 Å². The summed E-state index contributed by atoms with van der Waals surface area (Å²) in [6.45, 7) is 7.41. The highest BCUT2D eigenvalue weighted by molar-refractivity contribution is 5.91. The fourth-order valence-electron chi connectivity index (χ4n) is 4.94. The van der Waals surface area contributed by atoms with E-state index in [9.17, 15) is 9.59 Å². The Hall–Kier alpha value is -3.64. The molecule has 0 fully saturated rings. The zero-order chi connectivity index (χ0) is 32.1. The topological polar surface area (TPSA) is 71.1 Å². The lowest BCUT2D eigenvalue weighted by molar-refractivity contribution is -0.146. The van der Waals surface area contributed by atoms with Gasteiger partial charge in [-0.05, 0) is 79.4 Å². The first-order valence-corrected chi connectivity index (χ1v) is 17.0. The summed E-state index contributed by atoms with van der Waals surface area (Å²) in [6.07, 6.45) is 15.1. The second-order valence-corrected chi connectivity index (χ2v) is 11.6. The zero-order valence-corrected chi connectivity index (χ0v) is 27.6. The number of carbonyl (C=O) groups is 2. The van der Waals surface area contributed by atoms with Crippen LogP contribution in [0, 0.1) is 0 Å². The maximum Gasteiger partial charge on any atom is 0.343 e. The Labute approximate surface area is 270 Å². The smallest absolute Gasteiger partial charge is 0.343 e. The lowest BCUT2D eigenvalue weighted by atomic mass is 10.1. The van der Waals surface area contributed by atoms with Crippen LogP contribution in [0.25, 0.3) is 11.1 Å². The van der Waals surface area contributed by atoms with Gasteiger partial charge in [-0.15, -0.1) is 0 Å². The maximum absolute atomic E-state index is 12.7. The SMILES string of the molecule is CCCCCCCCCOc1ccc(C(=O)Oc2ccc(-c3ccc(OC(=O)C(C)OCCCCCCCC)cc3)cc2)cc1. The molecule has 0 aliphatic carbocycles. The Balaban J connectivity index is 1.38. The molecule has 0 N–H and O–H groups in total. The third kappa shape index (κ3) is 13.9. The number of ether oxygens (including phenoxy) is 4.